The Bertz CT molecular complexity index is 2250. The molecule has 24 N–H and O–H groups in total. The molecule has 0 radical (unpaired) electrons. The number of aliphatic hydroxyl groups is 1. The summed E-state index contributed by atoms with van der Waals surface area (Å²) in [4.78, 5) is 137. The maximum Gasteiger partial charge on any atom is 0.352 e. The number of amides is 9. The van der Waals surface area contributed by atoms with Crippen molar-refractivity contribution in [2.24, 2.45) is 45.1 Å². The van der Waals surface area contributed by atoms with Crippen LogP contribution in [0.3, 0.4) is 0 Å². The number of aliphatic carboxylic acids is 1. The smallest absolute Gasteiger partial charge is 0.352 e. The molecule has 7 atom stereocenters. The third-order valence-corrected chi connectivity index (χ3v) is 11.8. The summed E-state index contributed by atoms with van der Waals surface area (Å²) in [5.74, 6) is -9.50. The van der Waals surface area contributed by atoms with Crippen LogP contribution >= 0.6 is 0 Å². The van der Waals surface area contributed by atoms with Gasteiger partial charge in [0.15, 0.2) is 5.96 Å². The Balaban J connectivity index is 2.34. The third-order valence-electron chi connectivity index (χ3n) is 11.8. The van der Waals surface area contributed by atoms with Gasteiger partial charge in [0.2, 0.25) is 41.4 Å². The molecule has 29 nitrogen and oxygen atoms in total. The lowest BCUT2D eigenvalue weighted by atomic mass is 10.0. The molecule has 9 amide bonds. The molecule has 1 aromatic rings. The standard InChI is InChI=1S/C47H77N17O12/c1-26(58-44(73)37(35(65)24-51)63-40(69)29(52)9-2-4-18-48)39(68)57-25-36(66)59-31(11-6-20-50)45(74)64-22-8-13-34(64)43(72)62-33(23-27-14-16-28(17-15-27)38(53)67)42(71)60-30(10-3-5-19-49)41(70)61-32(46(75)76)12-7-21-56-47(54)55/h12,14-17,26,29-30,33-35,37,65H,2-11,13,18-25,48-52H2,1H3,(H2,53,67)(H,57,68)(H,58,73)(H,60,71)(H,61,70)(H,62,72)(H,63,69)(H,75,76)(H4,54,55,56)/b32-12-,59-31+/t26-,29-,30-,33-,34-,35-,37-/m0/s1. The van der Waals surface area contributed by atoms with Gasteiger partial charge in [0.25, 0.3) is 11.8 Å². The molecule has 2 rings (SSSR count). The number of carboxylic acids is 1. The minimum atomic E-state index is -1.59. The molecule has 29 heteroatoms. The van der Waals surface area contributed by atoms with Gasteiger partial charge in [-0.1, -0.05) is 24.6 Å². The minimum absolute atomic E-state index is 0.00360. The van der Waals surface area contributed by atoms with E-state index in [0.717, 1.165) is 0 Å². The van der Waals surface area contributed by atoms with Gasteiger partial charge >= 0.3 is 5.97 Å². The number of hydrogen-bond donors (Lipinski definition) is 17. The lowest BCUT2D eigenvalue weighted by molar-refractivity contribution is -0.137. The molecule has 1 aromatic carbocycles. The first-order valence-corrected chi connectivity index (χ1v) is 24.9. The van der Waals surface area contributed by atoms with Gasteiger partial charge in [-0.3, -0.25) is 48.6 Å². The summed E-state index contributed by atoms with van der Waals surface area (Å²) in [5.41, 5.74) is 38.9. The lowest BCUT2D eigenvalue weighted by Gasteiger charge is -2.28. The number of carbonyl (C=O) groups is 10. The van der Waals surface area contributed by atoms with Gasteiger partial charge in [-0.25, -0.2) is 9.79 Å². The van der Waals surface area contributed by atoms with Gasteiger partial charge in [0.1, 0.15) is 41.6 Å². The summed E-state index contributed by atoms with van der Waals surface area (Å²) >= 11 is 0. The zero-order valence-corrected chi connectivity index (χ0v) is 42.8. The van der Waals surface area contributed by atoms with E-state index in [0.29, 0.717) is 44.2 Å². The highest BCUT2D eigenvalue weighted by Crippen LogP contribution is 2.20. The lowest BCUT2D eigenvalue weighted by Crippen LogP contribution is -2.60. The minimum Gasteiger partial charge on any atom is -0.477 e. The molecule has 0 aromatic heterocycles. The Morgan fingerprint density at radius 3 is 2.03 bits per heavy atom. The molecule has 76 heavy (non-hydrogen) atoms. The van der Waals surface area contributed by atoms with Gasteiger partial charge in [0, 0.05) is 31.6 Å². The van der Waals surface area contributed by atoms with Crippen molar-refractivity contribution in [3.05, 3.63) is 47.2 Å². The van der Waals surface area contributed by atoms with Crippen LogP contribution in [-0.2, 0) is 49.6 Å². The second-order valence-electron chi connectivity index (χ2n) is 17.8. The summed E-state index contributed by atoms with van der Waals surface area (Å²) in [5, 5.41) is 44.6. The number of rotatable bonds is 34. The van der Waals surface area contributed by atoms with Crippen LogP contribution in [0.25, 0.3) is 0 Å². The number of carboxylic acid groups (broad SMARTS) is 1. The predicted octanol–water partition coefficient (Wildman–Crippen LogP) is -6.04. The van der Waals surface area contributed by atoms with E-state index in [1.54, 1.807) is 0 Å². The topological polar surface area (TPSA) is 517 Å². The van der Waals surface area contributed by atoms with Crippen molar-refractivity contribution in [3.8, 4) is 0 Å². The molecule has 0 spiro atoms. The molecule has 0 unspecified atom stereocenters. The summed E-state index contributed by atoms with van der Waals surface area (Å²) in [6.45, 7) is 0.904. The van der Waals surface area contributed by atoms with Crippen LogP contribution < -0.4 is 77.4 Å². The van der Waals surface area contributed by atoms with Crippen molar-refractivity contribution in [2.45, 2.75) is 126 Å². The van der Waals surface area contributed by atoms with E-state index in [9.17, 15) is 58.2 Å². The molecule has 0 saturated carbocycles. The van der Waals surface area contributed by atoms with Crippen LogP contribution in [0.5, 0.6) is 0 Å². The van der Waals surface area contributed by atoms with Crippen LogP contribution in [0.15, 0.2) is 41.0 Å². The molecule has 1 fully saturated rings. The molecule has 1 aliphatic heterocycles. The molecule has 1 saturated heterocycles. The highest BCUT2D eigenvalue weighted by molar-refractivity contribution is 6.40. The Morgan fingerprint density at radius 1 is 0.789 bits per heavy atom. The van der Waals surface area contributed by atoms with E-state index >= 15 is 0 Å². The molecule has 0 aliphatic carbocycles. The van der Waals surface area contributed by atoms with Gasteiger partial charge < -0.3 is 92.5 Å². The van der Waals surface area contributed by atoms with E-state index < -0.39 is 120 Å². The van der Waals surface area contributed by atoms with Crippen LogP contribution in [0, 0.1) is 5.41 Å². The SMILES string of the molecule is C[C@H](NC(=O)[C@@H](NC(=O)[C@@H](N)CCCCN)[C@@H](O)CN)C(=O)NCC(=O)/N=C(\CCCN)C(=O)N1CCC[C@H]1C(=O)N[C@@H](Cc1ccc(C(N)=O)cc1)C(=O)N[C@@H](CCCCN)C(=O)N/C(=C\CCNC(=N)N)C(=O)O. The van der Waals surface area contributed by atoms with Crippen LogP contribution in [0.1, 0.15) is 93.5 Å². The van der Waals surface area contributed by atoms with Crippen LogP contribution in [0.2, 0.25) is 0 Å². The number of nitrogens with zero attached hydrogens (tertiary/aromatic N) is 2. The van der Waals surface area contributed by atoms with E-state index in [-0.39, 0.29) is 88.4 Å². The first-order valence-electron chi connectivity index (χ1n) is 24.9. The average Bonchev–Trinajstić information content (AvgIpc) is 3.88. The van der Waals surface area contributed by atoms with Crippen LogP contribution in [-0.4, -0.2) is 174 Å². The Labute approximate surface area is 439 Å². The van der Waals surface area contributed by atoms with E-state index in [1.807, 2.05) is 0 Å². The fourth-order valence-electron chi connectivity index (χ4n) is 7.56. The van der Waals surface area contributed by atoms with Crippen molar-refractivity contribution in [2.75, 3.05) is 45.8 Å². The first kappa shape index (κ1) is 64.7. The fraction of sp³-hybridized carbons (Fsp3) is 0.574. The van der Waals surface area contributed by atoms with Crippen molar-refractivity contribution >= 4 is 70.8 Å². The Hall–Kier alpha value is -7.44. The Kier molecular flexibility index (Phi) is 29.1. The van der Waals surface area contributed by atoms with Crippen LogP contribution in [0.4, 0.5) is 0 Å². The third kappa shape index (κ3) is 22.6. The number of unbranched alkanes of at least 4 members (excludes halogenated alkanes) is 2. The molecule has 1 aliphatic rings. The number of primary amides is 1. The maximum absolute atomic E-state index is 14.2. The number of benzene rings is 1. The summed E-state index contributed by atoms with van der Waals surface area (Å²) < 4.78 is 0. The quantitative estimate of drug-likeness (QED) is 0.0132. The largest absolute Gasteiger partial charge is 0.477 e. The van der Waals surface area contributed by atoms with Gasteiger partial charge in [0.05, 0.1) is 18.7 Å². The van der Waals surface area contributed by atoms with Gasteiger partial charge in [-0.05, 0) is 108 Å². The fourth-order valence-corrected chi connectivity index (χ4v) is 7.56. The highest BCUT2D eigenvalue weighted by atomic mass is 16.4. The second kappa shape index (κ2) is 34.2. The molecule has 0 bridgehead atoms. The average molecular weight is 1070 g/mol. The molecule has 1 heterocycles. The monoisotopic (exact) mass is 1070 g/mol. The number of aliphatic imine (C=N–C) groups is 1. The number of nitrogens with two attached hydrogens (primary N) is 7. The zero-order chi connectivity index (χ0) is 56.9. The number of nitrogens with one attached hydrogen (secondary N) is 8. The normalized spacial score (nSPS) is 15.9. The van der Waals surface area contributed by atoms with Crippen molar-refractivity contribution < 1.29 is 58.2 Å². The Morgan fingerprint density at radius 2 is 1.43 bits per heavy atom. The van der Waals surface area contributed by atoms with E-state index in [2.05, 4.69) is 42.2 Å². The summed E-state index contributed by atoms with van der Waals surface area (Å²) in [6, 6.07) is -2.09. The van der Waals surface area contributed by atoms with Crippen molar-refractivity contribution in [1.29, 1.82) is 5.41 Å². The molecule has 422 valence electrons. The van der Waals surface area contributed by atoms with Gasteiger partial charge in [-0.2, -0.15) is 0 Å². The first-order chi connectivity index (χ1) is 36.1. The number of likely N-dealkylation sites (tertiary alicyclic amines) is 1. The summed E-state index contributed by atoms with van der Waals surface area (Å²) in [6.07, 6.45) is 2.14. The van der Waals surface area contributed by atoms with E-state index in [1.165, 1.54) is 42.2 Å². The second-order valence-corrected chi connectivity index (χ2v) is 17.8. The van der Waals surface area contributed by atoms with Gasteiger partial charge in [-0.15, -0.1) is 0 Å². The highest BCUT2D eigenvalue weighted by Gasteiger charge is 2.38. The zero-order valence-electron chi connectivity index (χ0n) is 42.8. The number of hydrogen-bond acceptors (Lipinski definition) is 17. The van der Waals surface area contributed by atoms with Crippen molar-refractivity contribution in [3.63, 3.8) is 0 Å². The van der Waals surface area contributed by atoms with E-state index in [4.69, 9.17) is 45.5 Å². The number of carbonyl (C=O) groups excluding carboxylic acids is 9. The summed E-state index contributed by atoms with van der Waals surface area (Å²) in [7, 11) is 0. The number of guanidine groups is 1. The maximum atomic E-state index is 14.2. The number of aliphatic hydroxyl groups excluding tert-OH is 1. The predicted molar refractivity (Wildman–Crippen MR) is 278 cm³/mol. The molecular weight excluding hydrogens is 995 g/mol. The van der Waals surface area contributed by atoms with Crippen molar-refractivity contribution in [1.82, 2.24) is 42.1 Å². The molecular formula is C47H77N17O12.